The van der Waals surface area contributed by atoms with E-state index in [0.29, 0.717) is 13.2 Å². The summed E-state index contributed by atoms with van der Waals surface area (Å²) in [4.78, 5) is 26.9. The fourth-order valence-electron chi connectivity index (χ4n) is 3.16. The van der Waals surface area contributed by atoms with Crippen molar-refractivity contribution in [1.29, 1.82) is 0 Å². The van der Waals surface area contributed by atoms with Crippen molar-refractivity contribution < 1.29 is 37.0 Å². The molecule has 0 bridgehead atoms. The van der Waals surface area contributed by atoms with Gasteiger partial charge in [-0.05, 0) is 19.1 Å². The van der Waals surface area contributed by atoms with Gasteiger partial charge in [-0.1, -0.05) is 0 Å². The molecule has 11 heteroatoms. The molecule has 2 saturated heterocycles. The maximum Gasteiger partial charge on any atom is 0.490 e. The number of likely N-dealkylation sites (tertiary alicyclic amines) is 1. The van der Waals surface area contributed by atoms with E-state index in [1.54, 1.807) is 19.0 Å². The van der Waals surface area contributed by atoms with Crippen molar-refractivity contribution in [2.75, 3.05) is 40.3 Å². The van der Waals surface area contributed by atoms with Gasteiger partial charge in [0.25, 0.3) is 0 Å². The summed E-state index contributed by atoms with van der Waals surface area (Å²) in [5, 5.41) is 7.12. The van der Waals surface area contributed by atoms with Gasteiger partial charge in [0.15, 0.2) is 0 Å². The second-order valence-electron chi connectivity index (χ2n) is 6.84. The molecule has 3 rings (SSSR count). The molecular formula is C17H24F3N3O5. The topological polar surface area (TPSA) is 86.5 Å². The summed E-state index contributed by atoms with van der Waals surface area (Å²) >= 11 is 0. The standard InChI is InChI=1S/C15H23N3O3.C2HF3O2/c1-11-4-5-12(21-11)8-17-6-7-20-14-10-18(9-13(14)17)15(19)16(2)3;3-2(4,5)1(6)7/h4-5,13-14H,6-10H2,1-3H3;(H,6,7)/t13-,14+;/m1./s1. The Balaban J connectivity index is 0.000000345. The lowest BCUT2D eigenvalue weighted by atomic mass is 10.1. The fourth-order valence-corrected chi connectivity index (χ4v) is 3.16. The first-order valence-electron chi connectivity index (χ1n) is 8.66. The van der Waals surface area contributed by atoms with Crippen LogP contribution in [0.5, 0.6) is 0 Å². The van der Waals surface area contributed by atoms with Crippen LogP contribution in [0, 0.1) is 6.92 Å². The number of amides is 2. The van der Waals surface area contributed by atoms with Gasteiger partial charge < -0.3 is 24.1 Å². The number of carbonyl (C=O) groups excluding carboxylic acids is 1. The minimum Gasteiger partial charge on any atom is -0.475 e. The second kappa shape index (κ2) is 8.82. The Labute approximate surface area is 160 Å². The van der Waals surface area contributed by atoms with Crippen LogP contribution in [-0.2, 0) is 16.1 Å². The predicted octanol–water partition coefficient (Wildman–Crippen LogP) is 1.79. The van der Waals surface area contributed by atoms with Gasteiger partial charge in [0.2, 0.25) is 0 Å². The zero-order valence-electron chi connectivity index (χ0n) is 15.9. The van der Waals surface area contributed by atoms with Gasteiger partial charge in [-0.25, -0.2) is 9.59 Å². The van der Waals surface area contributed by atoms with Gasteiger partial charge in [-0.15, -0.1) is 0 Å². The number of halogens is 3. The second-order valence-corrected chi connectivity index (χ2v) is 6.84. The Bertz CT molecular complexity index is 692. The van der Waals surface area contributed by atoms with E-state index < -0.39 is 12.1 Å². The van der Waals surface area contributed by atoms with Crippen LogP contribution in [0.25, 0.3) is 0 Å². The van der Waals surface area contributed by atoms with Crippen molar-refractivity contribution in [3.63, 3.8) is 0 Å². The number of hydrogen-bond donors (Lipinski definition) is 1. The van der Waals surface area contributed by atoms with Crippen LogP contribution in [0.3, 0.4) is 0 Å². The van der Waals surface area contributed by atoms with Gasteiger partial charge in [-0.2, -0.15) is 13.2 Å². The molecule has 8 nitrogen and oxygen atoms in total. The Morgan fingerprint density at radius 3 is 2.43 bits per heavy atom. The highest BCUT2D eigenvalue weighted by Gasteiger charge is 2.42. The van der Waals surface area contributed by atoms with E-state index in [1.165, 1.54) is 0 Å². The Hall–Kier alpha value is -2.27. The number of furan rings is 1. The third kappa shape index (κ3) is 5.61. The molecule has 0 saturated carbocycles. The molecule has 2 aliphatic heterocycles. The van der Waals surface area contributed by atoms with Crippen molar-refractivity contribution in [1.82, 2.24) is 14.7 Å². The predicted molar refractivity (Wildman–Crippen MR) is 91.7 cm³/mol. The Morgan fingerprint density at radius 1 is 1.29 bits per heavy atom. The number of aryl methyl sites for hydroxylation is 1. The van der Waals surface area contributed by atoms with Crippen molar-refractivity contribution in [3.05, 3.63) is 23.7 Å². The summed E-state index contributed by atoms with van der Waals surface area (Å²) in [6, 6.07) is 4.33. The number of urea groups is 1. The molecule has 2 aliphatic rings. The van der Waals surface area contributed by atoms with Crippen molar-refractivity contribution in [2.45, 2.75) is 31.8 Å². The van der Waals surface area contributed by atoms with Crippen molar-refractivity contribution >= 4 is 12.0 Å². The normalized spacial score (nSPS) is 22.3. The van der Waals surface area contributed by atoms with E-state index in [2.05, 4.69) is 4.90 Å². The molecule has 2 atom stereocenters. The smallest absolute Gasteiger partial charge is 0.475 e. The molecule has 0 aliphatic carbocycles. The summed E-state index contributed by atoms with van der Waals surface area (Å²) in [6.07, 6.45) is -4.97. The SMILES string of the molecule is Cc1ccc(CN2CCO[C@H]3CN(C(=O)N(C)C)C[C@H]32)o1.O=C(O)C(F)(F)F. The number of alkyl halides is 3. The maximum atomic E-state index is 12.1. The first-order valence-corrected chi connectivity index (χ1v) is 8.66. The molecule has 28 heavy (non-hydrogen) atoms. The number of morpholine rings is 1. The molecule has 158 valence electrons. The number of carbonyl (C=O) groups is 2. The fraction of sp³-hybridized carbons (Fsp3) is 0.647. The van der Waals surface area contributed by atoms with Gasteiger partial charge in [0.05, 0.1) is 31.8 Å². The van der Waals surface area contributed by atoms with Gasteiger partial charge in [-0.3, -0.25) is 4.90 Å². The first-order chi connectivity index (χ1) is 13.0. The van der Waals surface area contributed by atoms with Gasteiger partial charge >= 0.3 is 18.2 Å². The van der Waals surface area contributed by atoms with E-state index in [4.69, 9.17) is 19.1 Å². The largest absolute Gasteiger partial charge is 0.490 e. The molecule has 2 fully saturated rings. The number of rotatable bonds is 2. The lowest BCUT2D eigenvalue weighted by Gasteiger charge is -2.36. The number of nitrogens with zero attached hydrogens (tertiary/aromatic N) is 3. The zero-order valence-corrected chi connectivity index (χ0v) is 15.9. The average molecular weight is 407 g/mol. The minimum atomic E-state index is -5.08. The van der Waals surface area contributed by atoms with E-state index in [0.717, 1.165) is 31.2 Å². The van der Waals surface area contributed by atoms with Crippen LogP contribution in [0.2, 0.25) is 0 Å². The number of hydrogen-bond acceptors (Lipinski definition) is 5. The lowest BCUT2D eigenvalue weighted by molar-refractivity contribution is -0.192. The third-order valence-electron chi connectivity index (χ3n) is 4.47. The van der Waals surface area contributed by atoms with Gasteiger partial charge in [0, 0.05) is 27.2 Å². The zero-order chi connectivity index (χ0) is 21.1. The first kappa shape index (κ1) is 22.0. The molecule has 2 amide bonds. The molecule has 1 aromatic rings. The molecule has 3 heterocycles. The Kier molecular flexibility index (Phi) is 6.94. The van der Waals surface area contributed by atoms with Gasteiger partial charge in [0.1, 0.15) is 11.5 Å². The van der Waals surface area contributed by atoms with Crippen LogP contribution < -0.4 is 0 Å². The average Bonchev–Trinajstić information content (AvgIpc) is 3.20. The molecule has 1 aromatic heterocycles. The van der Waals surface area contributed by atoms with Crippen molar-refractivity contribution in [3.8, 4) is 0 Å². The van der Waals surface area contributed by atoms with E-state index in [-0.39, 0.29) is 18.2 Å². The van der Waals surface area contributed by atoms with Crippen LogP contribution in [0.15, 0.2) is 16.5 Å². The minimum absolute atomic E-state index is 0.0572. The van der Waals surface area contributed by atoms with Crippen LogP contribution in [0.4, 0.5) is 18.0 Å². The number of aliphatic carboxylic acids is 1. The van der Waals surface area contributed by atoms with Crippen LogP contribution in [0.1, 0.15) is 11.5 Å². The van der Waals surface area contributed by atoms with E-state index in [9.17, 15) is 18.0 Å². The number of carboxylic acid groups (broad SMARTS) is 1. The summed E-state index contributed by atoms with van der Waals surface area (Å²) in [5.74, 6) is -0.844. The molecule has 0 aromatic carbocycles. The van der Waals surface area contributed by atoms with Crippen LogP contribution in [-0.4, -0.2) is 90.5 Å². The monoisotopic (exact) mass is 407 g/mol. The molecule has 0 spiro atoms. The molecule has 0 radical (unpaired) electrons. The van der Waals surface area contributed by atoms with Crippen molar-refractivity contribution in [2.24, 2.45) is 0 Å². The number of ether oxygens (including phenoxy) is 1. The number of fused-ring (bicyclic) bond motifs is 1. The highest BCUT2D eigenvalue weighted by atomic mass is 19.4. The van der Waals surface area contributed by atoms with E-state index >= 15 is 0 Å². The Morgan fingerprint density at radius 2 is 1.93 bits per heavy atom. The highest BCUT2D eigenvalue weighted by molar-refractivity contribution is 5.74. The molecule has 0 unspecified atom stereocenters. The molecule has 1 N–H and O–H groups in total. The molecular weight excluding hydrogens is 383 g/mol. The summed E-state index contributed by atoms with van der Waals surface area (Å²) in [7, 11) is 3.57. The van der Waals surface area contributed by atoms with E-state index in [1.807, 2.05) is 24.0 Å². The maximum absolute atomic E-state index is 12.1. The quantitative estimate of drug-likeness (QED) is 0.805. The summed E-state index contributed by atoms with van der Waals surface area (Å²) < 4.78 is 43.3. The number of carboxylic acids is 1. The summed E-state index contributed by atoms with van der Waals surface area (Å²) in [5.41, 5.74) is 0. The lowest BCUT2D eigenvalue weighted by Crippen LogP contribution is -2.50. The highest BCUT2D eigenvalue weighted by Crippen LogP contribution is 2.25. The summed E-state index contributed by atoms with van der Waals surface area (Å²) in [6.45, 7) is 5.73. The van der Waals surface area contributed by atoms with Crippen LogP contribution >= 0.6 is 0 Å². The third-order valence-corrected chi connectivity index (χ3v) is 4.47.